The average molecular weight is 358 g/mol. The Morgan fingerprint density at radius 3 is 2.48 bits per heavy atom. The summed E-state index contributed by atoms with van der Waals surface area (Å²) in [5.41, 5.74) is 2.83. The summed E-state index contributed by atoms with van der Waals surface area (Å²) in [6.45, 7) is 6.35. The highest BCUT2D eigenvalue weighted by atomic mass is 32.1. The molecule has 0 saturated carbocycles. The van der Waals surface area contributed by atoms with E-state index in [1.807, 2.05) is 63.2 Å². The minimum absolute atomic E-state index is 0.102. The minimum Gasteiger partial charge on any atom is -0.494 e. The number of aryl methyl sites for hydroxylation is 2. The van der Waals surface area contributed by atoms with Crippen LogP contribution in [0.2, 0.25) is 0 Å². The highest BCUT2D eigenvalue weighted by Gasteiger charge is 2.08. The van der Waals surface area contributed by atoms with Crippen LogP contribution in [-0.4, -0.2) is 24.2 Å². The first-order valence-corrected chi connectivity index (χ1v) is 8.42. The number of carbonyl (C=O) groups excluding carboxylic acids is 1. The number of anilines is 1. The third kappa shape index (κ3) is 6.08. The van der Waals surface area contributed by atoms with Crippen LogP contribution in [0, 0.1) is 13.8 Å². The van der Waals surface area contributed by atoms with E-state index in [0.29, 0.717) is 12.4 Å². The molecule has 25 heavy (non-hydrogen) atoms. The molecular weight excluding hydrogens is 336 g/mol. The first-order valence-electron chi connectivity index (χ1n) is 8.01. The molecule has 0 aliphatic rings. The molecule has 2 rings (SSSR count). The summed E-state index contributed by atoms with van der Waals surface area (Å²) in [7, 11) is 0. The summed E-state index contributed by atoms with van der Waals surface area (Å²) < 4.78 is 10.9. The molecular formula is C19H22N2O3S. The van der Waals surface area contributed by atoms with Gasteiger partial charge >= 0.3 is 0 Å². The maximum atomic E-state index is 12.0. The van der Waals surface area contributed by atoms with Crippen LogP contribution < -0.4 is 20.1 Å². The second kappa shape index (κ2) is 9.03. The molecule has 2 aromatic rings. The van der Waals surface area contributed by atoms with E-state index in [9.17, 15) is 4.79 Å². The number of benzene rings is 2. The number of ether oxygens (including phenoxy) is 2. The fraction of sp³-hybridized carbons (Fsp3) is 0.263. The largest absolute Gasteiger partial charge is 0.494 e. The molecule has 2 aromatic carbocycles. The number of hydrogen-bond acceptors (Lipinski definition) is 4. The van der Waals surface area contributed by atoms with Crippen LogP contribution in [0.4, 0.5) is 5.69 Å². The lowest BCUT2D eigenvalue weighted by Gasteiger charge is -2.12. The van der Waals surface area contributed by atoms with Gasteiger partial charge in [-0.3, -0.25) is 10.1 Å². The fourth-order valence-electron chi connectivity index (χ4n) is 2.13. The van der Waals surface area contributed by atoms with Crippen molar-refractivity contribution in [3.8, 4) is 11.5 Å². The lowest BCUT2D eigenvalue weighted by Crippen LogP contribution is -2.37. The standard InChI is InChI=1S/C19H22N2O3S/c1-4-23-16-9-7-15(8-10-16)20-19(25)21-18(22)12-24-17-11-13(2)5-6-14(17)3/h5-11H,4,12H2,1-3H3,(H2,20,21,22,25). The number of rotatable bonds is 6. The lowest BCUT2D eigenvalue weighted by molar-refractivity contribution is -0.121. The number of thiocarbonyl (C=S) groups is 1. The Bertz CT molecular complexity index is 745. The molecule has 0 unspecified atom stereocenters. The van der Waals surface area contributed by atoms with Gasteiger partial charge in [0.25, 0.3) is 5.91 Å². The third-order valence-corrected chi connectivity index (χ3v) is 3.58. The van der Waals surface area contributed by atoms with E-state index in [-0.39, 0.29) is 17.6 Å². The Labute approximate surface area is 153 Å². The molecule has 0 aromatic heterocycles. The second-order valence-corrected chi connectivity index (χ2v) is 5.93. The number of carbonyl (C=O) groups is 1. The molecule has 0 aliphatic heterocycles. The van der Waals surface area contributed by atoms with Crippen molar-refractivity contribution in [2.75, 3.05) is 18.5 Å². The van der Waals surface area contributed by atoms with Gasteiger partial charge in [0.2, 0.25) is 0 Å². The molecule has 0 saturated heterocycles. The summed E-state index contributed by atoms with van der Waals surface area (Å²) in [5.74, 6) is 1.16. The molecule has 0 spiro atoms. The zero-order valence-corrected chi connectivity index (χ0v) is 15.4. The van der Waals surface area contributed by atoms with Gasteiger partial charge in [0.1, 0.15) is 11.5 Å². The van der Waals surface area contributed by atoms with Crippen molar-refractivity contribution < 1.29 is 14.3 Å². The van der Waals surface area contributed by atoms with Gasteiger partial charge in [0.05, 0.1) is 6.61 Å². The Morgan fingerprint density at radius 1 is 1.08 bits per heavy atom. The predicted molar refractivity (Wildman–Crippen MR) is 103 cm³/mol. The zero-order valence-electron chi connectivity index (χ0n) is 14.6. The Kier molecular flexibility index (Phi) is 6.77. The molecule has 5 nitrogen and oxygen atoms in total. The predicted octanol–water partition coefficient (Wildman–Crippen LogP) is 3.59. The summed E-state index contributed by atoms with van der Waals surface area (Å²) in [4.78, 5) is 12.0. The van der Waals surface area contributed by atoms with Crippen LogP contribution in [0.25, 0.3) is 0 Å². The van der Waals surface area contributed by atoms with Crippen molar-refractivity contribution >= 4 is 28.9 Å². The van der Waals surface area contributed by atoms with Crippen LogP contribution >= 0.6 is 12.2 Å². The molecule has 0 bridgehead atoms. The van der Waals surface area contributed by atoms with Gasteiger partial charge in [-0.2, -0.15) is 0 Å². The van der Waals surface area contributed by atoms with E-state index < -0.39 is 0 Å². The molecule has 6 heteroatoms. The van der Waals surface area contributed by atoms with E-state index in [4.69, 9.17) is 21.7 Å². The minimum atomic E-state index is -0.315. The summed E-state index contributed by atoms with van der Waals surface area (Å²) in [6.07, 6.45) is 0. The SMILES string of the molecule is CCOc1ccc(NC(=S)NC(=O)COc2cc(C)ccc2C)cc1. The maximum Gasteiger partial charge on any atom is 0.264 e. The average Bonchev–Trinajstić information content (AvgIpc) is 2.57. The number of nitrogens with one attached hydrogen (secondary N) is 2. The van der Waals surface area contributed by atoms with Gasteiger partial charge in [-0.25, -0.2) is 0 Å². The van der Waals surface area contributed by atoms with Crippen LogP contribution in [0.1, 0.15) is 18.1 Å². The van der Waals surface area contributed by atoms with Crippen molar-refractivity contribution in [2.45, 2.75) is 20.8 Å². The Balaban J connectivity index is 1.81. The molecule has 0 atom stereocenters. The van der Waals surface area contributed by atoms with Gasteiger partial charge in [-0.1, -0.05) is 12.1 Å². The monoisotopic (exact) mass is 358 g/mol. The fourth-order valence-corrected chi connectivity index (χ4v) is 2.36. The van der Waals surface area contributed by atoms with Gasteiger partial charge < -0.3 is 14.8 Å². The molecule has 2 N–H and O–H groups in total. The van der Waals surface area contributed by atoms with E-state index in [0.717, 1.165) is 22.6 Å². The topological polar surface area (TPSA) is 59.6 Å². The van der Waals surface area contributed by atoms with Gasteiger partial charge in [-0.15, -0.1) is 0 Å². The summed E-state index contributed by atoms with van der Waals surface area (Å²) >= 11 is 5.14. The highest BCUT2D eigenvalue weighted by molar-refractivity contribution is 7.80. The lowest BCUT2D eigenvalue weighted by atomic mass is 10.1. The van der Waals surface area contributed by atoms with Crippen molar-refractivity contribution in [2.24, 2.45) is 0 Å². The van der Waals surface area contributed by atoms with Crippen LogP contribution in [-0.2, 0) is 4.79 Å². The van der Waals surface area contributed by atoms with Crippen molar-refractivity contribution in [3.63, 3.8) is 0 Å². The first kappa shape index (κ1) is 18.7. The van der Waals surface area contributed by atoms with Crippen molar-refractivity contribution in [1.29, 1.82) is 0 Å². The van der Waals surface area contributed by atoms with Crippen LogP contribution in [0.3, 0.4) is 0 Å². The van der Waals surface area contributed by atoms with Gasteiger partial charge in [0, 0.05) is 5.69 Å². The van der Waals surface area contributed by atoms with Gasteiger partial charge in [0.15, 0.2) is 11.7 Å². The number of hydrogen-bond donors (Lipinski definition) is 2. The Morgan fingerprint density at radius 2 is 1.80 bits per heavy atom. The molecule has 0 aliphatic carbocycles. The van der Waals surface area contributed by atoms with E-state index in [1.165, 1.54) is 0 Å². The maximum absolute atomic E-state index is 12.0. The Hall–Kier alpha value is -2.60. The second-order valence-electron chi connectivity index (χ2n) is 5.52. The zero-order chi connectivity index (χ0) is 18.2. The van der Waals surface area contributed by atoms with Crippen LogP contribution in [0.5, 0.6) is 11.5 Å². The highest BCUT2D eigenvalue weighted by Crippen LogP contribution is 2.19. The molecule has 0 fully saturated rings. The third-order valence-electron chi connectivity index (χ3n) is 3.38. The van der Waals surface area contributed by atoms with Gasteiger partial charge in [-0.05, 0) is 74.4 Å². The summed E-state index contributed by atoms with van der Waals surface area (Å²) in [6, 6.07) is 13.2. The molecule has 0 heterocycles. The molecule has 0 radical (unpaired) electrons. The van der Waals surface area contributed by atoms with E-state index in [1.54, 1.807) is 0 Å². The molecule has 1 amide bonds. The quantitative estimate of drug-likeness (QED) is 0.773. The first-order chi connectivity index (χ1) is 12.0. The van der Waals surface area contributed by atoms with Crippen LogP contribution in [0.15, 0.2) is 42.5 Å². The molecule has 132 valence electrons. The number of amides is 1. The normalized spacial score (nSPS) is 10.0. The smallest absolute Gasteiger partial charge is 0.264 e. The summed E-state index contributed by atoms with van der Waals surface area (Å²) in [5, 5.41) is 5.77. The van der Waals surface area contributed by atoms with Crippen molar-refractivity contribution in [3.05, 3.63) is 53.6 Å². The van der Waals surface area contributed by atoms with E-state index in [2.05, 4.69) is 10.6 Å². The van der Waals surface area contributed by atoms with Crippen molar-refractivity contribution in [1.82, 2.24) is 5.32 Å². The van der Waals surface area contributed by atoms with E-state index >= 15 is 0 Å².